The number of carbonyl (C=O) groups is 1. The summed E-state index contributed by atoms with van der Waals surface area (Å²) in [5.41, 5.74) is 8.79. The number of likely N-dealkylation sites (N-methyl/N-ethyl adjacent to an activating group) is 1. The van der Waals surface area contributed by atoms with E-state index < -0.39 is 10.0 Å². The molecule has 0 N–H and O–H groups in total. The third kappa shape index (κ3) is 5.72. The van der Waals surface area contributed by atoms with Crippen LogP contribution in [0.25, 0.3) is 33.5 Å². The van der Waals surface area contributed by atoms with Crippen LogP contribution in [0.4, 0.5) is 0 Å². The average Bonchev–Trinajstić information content (AvgIpc) is 3.43. The van der Waals surface area contributed by atoms with E-state index in [9.17, 15) is 13.2 Å². The second-order valence-corrected chi connectivity index (χ2v) is 13.5. The number of nitrogens with zero attached hydrogens (tertiary/aromatic N) is 6. The molecule has 2 aromatic heterocycles. The minimum Gasteiger partial charge on any atom is -0.341 e. The predicted molar refractivity (Wildman–Crippen MR) is 174 cm³/mol. The van der Waals surface area contributed by atoms with Gasteiger partial charge >= 0.3 is 0 Å². The Labute approximate surface area is 263 Å². The van der Waals surface area contributed by atoms with Crippen LogP contribution in [0.3, 0.4) is 0 Å². The minimum absolute atomic E-state index is 0.151. The first kappa shape index (κ1) is 30.2. The van der Waals surface area contributed by atoms with Crippen LogP contribution in [0.5, 0.6) is 0 Å². The van der Waals surface area contributed by atoms with E-state index in [1.165, 1.54) is 25.6 Å². The van der Waals surface area contributed by atoms with Gasteiger partial charge in [-0.15, -0.1) is 0 Å². The summed E-state index contributed by atoms with van der Waals surface area (Å²) in [5, 5.41) is 8.88. The summed E-state index contributed by atoms with van der Waals surface area (Å²) >= 11 is 0. The molecule has 0 saturated heterocycles. The molecule has 45 heavy (non-hydrogen) atoms. The molecule has 9 nitrogen and oxygen atoms in total. The Hall–Kier alpha value is -4.85. The molecule has 1 aliphatic heterocycles. The summed E-state index contributed by atoms with van der Waals surface area (Å²) in [6.45, 7) is 6.23. The lowest BCUT2D eigenvalue weighted by Crippen LogP contribution is -2.27. The summed E-state index contributed by atoms with van der Waals surface area (Å²) in [6.07, 6.45) is 4.45. The molecule has 10 heteroatoms. The number of aryl methyl sites for hydroxylation is 2. The molecule has 6 rings (SSSR count). The summed E-state index contributed by atoms with van der Waals surface area (Å²) in [6, 6.07) is 20.1. The molecule has 0 unspecified atom stereocenters. The lowest BCUT2D eigenvalue weighted by molar-refractivity contribution is 0.0798. The zero-order valence-electron chi connectivity index (χ0n) is 25.8. The smallest absolute Gasteiger partial charge is 0.269 e. The Bertz CT molecular complexity index is 2080. The fourth-order valence-electron chi connectivity index (χ4n) is 5.86. The van der Waals surface area contributed by atoms with E-state index in [2.05, 4.69) is 37.1 Å². The number of amides is 1. The number of hydrogen-bond donors (Lipinski definition) is 0. The van der Waals surface area contributed by atoms with Gasteiger partial charge in [-0.25, -0.2) is 22.4 Å². The normalized spacial score (nSPS) is 13.4. The van der Waals surface area contributed by atoms with Crippen LogP contribution in [0.1, 0.15) is 39.0 Å². The maximum Gasteiger partial charge on any atom is 0.269 e. The van der Waals surface area contributed by atoms with Crippen molar-refractivity contribution in [1.29, 1.82) is 5.26 Å². The average molecular weight is 619 g/mol. The van der Waals surface area contributed by atoms with E-state index >= 15 is 0 Å². The van der Waals surface area contributed by atoms with Crippen LogP contribution in [0, 0.1) is 25.2 Å². The van der Waals surface area contributed by atoms with E-state index in [0.29, 0.717) is 34.4 Å². The maximum atomic E-state index is 13.9. The van der Waals surface area contributed by atoms with Crippen molar-refractivity contribution in [3.8, 4) is 28.5 Å². The number of benzene rings is 3. The number of carbonyl (C=O) groups excluding carboxylic acids is 1. The van der Waals surface area contributed by atoms with E-state index in [0.717, 1.165) is 30.6 Å². The summed E-state index contributed by atoms with van der Waals surface area (Å²) in [5.74, 6) is -0.198. The van der Waals surface area contributed by atoms with Gasteiger partial charge in [-0.05, 0) is 86.0 Å². The molecule has 0 spiro atoms. The van der Waals surface area contributed by atoms with Crippen molar-refractivity contribution in [3.05, 3.63) is 101 Å². The summed E-state index contributed by atoms with van der Waals surface area (Å²) in [7, 11) is -0.216. The Kier molecular flexibility index (Phi) is 7.99. The predicted octanol–water partition coefficient (Wildman–Crippen LogP) is 5.59. The van der Waals surface area contributed by atoms with Crippen LogP contribution < -0.4 is 0 Å². The van der Waals surface area contributed by atoms with Crippen LogP contribution in [-0.4, -0.2) is 65.3 Å². The second kappa shape index (κ2) is 11.9. The van der Waals surface area contributed by atoms with Gasteiger partial charge in [0.15, 0.2) is 5.65 Å². The van der Waals surface area contributed by atoms with Crippen molar-refractivity contribution in [2.45, 2.75) is 38.1 Å². The molecule has 0 saturated carbocycles. The Morgan fingerprint density at radius 1 is 1.04 bits per heavy atom. The van der Waals surface area contributed by atoms with E-state index in [4.69, 9.17) is 15.2 Å². The van der Waals surface area contributed by atoms with Gasteiger partial charge in [0.05, 0.1) is 29.3 Å². The van der Waals surface area contributed by atoms with Crippen LogP contribution in [0.2, 0.25) is 0 Å². The maximum absolute atomic E-state index is 13.9. The molecule has 1 amide bonds. The van der Waals surface area contributed by atoms with Gasteiger partial charge in [0, 0.05) is 49.6 Å². The standard InChI is InChI=1S/C35H34N6O3S/c1-23-6-12-29(13-7-23)45(43,44)41-22-31(25-8-10-26(11-9-25)35(42)40(4)16-5-15-36)33-34(41)37-20-32(38-33)27-18-24(2)30-14-17-39(3)21-28(30)19-27/h6-13,18-20,22H,5,14,16-17,21H2,1-4H3. The third-order valence-electron chi connectivity index (χ3n) is 8.43. The molecule has 0 aliphatic carbocycles. The zero-order chi connectivity index (χ0) is 31.9. The van der Waals surface area contributed by atoms with E-state index in [-0.39, 0.29) is 22.9 Å². The van der Waals surface area contributed by atoms with Gasteiger partial charge < -0.3 is 9.80 Å². The highest BCUT2D eigenvalue weighted by Crippen LogP contribution is 2.34. The molecule has 0 radical (unpaired) electrons. The van der Waals surface area contributed by atoms with Crippen LogP contribution >= 0.6 is 0 Å². The first-order valence-electron chi connectivity index (χ1n) is 14.8. The number of fused-ring (bicyclic) bond motifs is 2. The highest BCUT2D eigenvalue weighted by atomic mass is 32.2. The monoisotopic (exact) mass is 618 g/mol. The molecular formula is C35H34N6O3S. The quantitative estimate of drug-likeness (QED) is 0.234. The minimum atomic E-state index is -3.99. The molecule has 5 aromatic rings. The molecule has 3 aromatic carbocycles. The SMILES string of the molecule is Cc1ccc(S(=O)(=O)n2cc(-c3ccc(C(=O)N(C)CCC#N)cc3)c3nc(-c4cc(C)c5c(c4)CN(C)CC5)cnc32)cc1. The first-order valence-corrected chi connectivity index (χ1v) is 16.3. The lowest BCUT2D eigenvalue weighted by Gasteiger charge is -2.27. The Morgan fingerprint density at radius 2 is 1.78 bits per heavy atom. The molecule has 228 valence electrons. The molecule has 0 bridgehead atoms. The van der Waals surface area contributed by atoms with Crippen molar-refractivity contribution < 1.29 is 13.2 Å². The summed E-state index contributed by atoms with van der Waals surface area (Å²) in [4.78, 5) is 26.6. The van der Waals surface area contributed by atoms with Gasteiger partial charge in [0.1, 0.15) is 5.52 Å². The van der Waals surface area contributed by atoms with Crippen molar-refractivity contribution in [1.82, 2.24) is 23.7 Å². The van der Waals surface area contributed by atoms with Crippen molar-refractivity contribution in [2.24, 2.45) is 0 Å². The first-order chi connectivity index (χ1) is 21.6. The topological polar surface area (TPSA) is 112 Å². The molecule has 0 fully saturated rings. The van der Waals surface area contributed by atoms with Crippen molar-refractivity contribution in [3.63, 3.8) is 0 Å². The number of hydrogen-bond acceptors (Lipinski definition) is 7. The largest absolute Gasteiger partial charge is 0.341 e. The van der Waals surface area contributed by atoms with Crippen molar-refractivity contribution >= 4 is 27.1 Å². The molecule has 1 aliphatic rings. The highest BCUT2D eigenvalue weighted by Gasteiger charge is 2.25. The summed E-state index contributed by atoms with van der Waals surface area (Å²) < 4.78 is 29.0. The molecule has 3 heterocycles. The van der Waals surface area contributed by atoms with Gasteiger partial charge in [0.2, 0.25) is 0 Å². The lowest BCUT2D eigenvalue weighted by atomic mass is 9.92. The fourth-order valence-corrected chi connectivity index (χ4v) is 7.18. The zero-order valence-corrected chi connectivity index (χ0v) is 26.6. The fraction of sp³-hybridized carbons (Fsp3) is 0.257. The van der Waals surface area contributed by atoms with E-state index in [1.54, 1.807) is 68.0 Å². The van der Waals surface area contributed by atoms with Gasteiger partial charge in [0.25, 0.3) is 15.9 Å². The third-order valence-corrected chi connectivity index (χ3v) is 10.1. The molecular weight excluding hydrogens is 584 g/mol. The van der Waals surface area contributed by atoms with Crippen LogP contribution in [-0.2, 0) is 23.0 Å². The number of aromatic nitrogens is 3. The van der Waals surface area contributed by atoms with Gasteiger partial charge in [-0.3, -0.25) is 4.79 Å². The van der Waals surface area contributed by atoms with Crippen LogP contribution in [0.15, 0.2) is 78.0 Å². The Morgan fingerprint density at radius 3 is 2.49 bits per heavy atom. The highest BCUT2D eigenvalue weighted by molar-refractivity contribution is 7.90. The van der Waals surface area contributed by atoms with Gasteiger partial charge in [-0.2, -0.15) is 5.26 Å². The number of nitriles is 1. The van der Waals surface area contributed by atoms with E-state index in [1.807, 2.05) is 6.92 Å². The number of rotatable bonds is 7. The molecule has 0 atom stereocenters. The van der Waals surface area contributed by atoms with Gasteiger partial charge in [-0.1, -0.05) is 29.8 Å². The second-order valence-electron chi connectivity index (χ2n) is 11.7. The Balaban J connectivity index is 1.49. The van der Waals surface area contributed by atoms with Crippen molar-refractivity contribution in [2.75, 3.05) is 27.2 Å².